The van der Waals surface area contributed by atoms with E-state index in [0.717, 1.165) is 12.0 Å². The Bertz CT molecular complexity index is 1000. The number of hydrogen-bond donors (Lipinski definition) is 2. The molecule has 9 heteroatoms. The Morgan fingerprint density at radius 1 is 0.906 bits per heavy atom. The Morgan fingerprint density at radius 3 is 2.09 bits per heavy atom. The highest BCUT2D eigenvalue weighted by Crippen LogP contribution is 2.28. The average molecular weight is 439 g/mol. The Hall–Kier alpha value is -3.88. The fourth-order valence-electron chi connectivity index (χ4n) is 3.14. The van der Waals surface area contributed by atoms with E-state index in [2.05, 4.69) is 10.9 Å². The topological polar surface area (TPSA) is 114 Å². The number of rotatable bonds is 8. The Kier molecular flexibility index (Phi) is 7.43. The van der Waals surface area contributed by atoms with Crippen molar-refractivity contribution in [2.45, 2.75) is 32.7 Å². The molecule has 1 saturated heterocycles. The van der Waals surface area contributed by atoms with E-state index in [4.69, 9.17) is 9.47 Å². The average Bonchev–Trinajstić information content (AvgIpc) is 3.13. The SMILES string of the molecule is CCCOc1ccc(C(=O)NNC(=O)c2ccc(CN3C(=O)CCC3=O)cc2)cc1OC. The van der Waals surface area contributed by atoms with Gasteiger partial charge in [-0.25, -0.2) is 0 Å². The highest BCUT2D eigenvalue weighted by atomic mass is 16.5. The third-order valence-corrected chi connectivity index (χ3v) is 4.89. The molecule has 1 aliphatic heterocycles. The monoisotopic (exact) mass is 439 g/mol. The van der Waals surface area contributed by atoms with Crippen LogP contribution in [-0.2, 0) is 16.1 Å². The molecule has 1 fully saturated rings. The molecule has 0 atom stereocenters. The van der Waals surface area contributed by atoms with Crippen molar-refractivity contribution in [3.8, 4) is 11.5 Å². The summed E-state index contributed by atoms with van der Waals surface area (Å²) in [5.74, 6) is -0.452. The minimum absolute atomic E-state index is 0.177. The molecule has 1 aliphatic rings. The van der Waals surface area contributed by atoms with Gasteiger partial charge in [-0.05, 0) is 42.3 Å². The quantitative estimate of drug-likeness (QED) is 0.482. The first-order chi connectivity index (χ1) is 15.4. The molecule has 32 heavy (non-hydrogen) atoms. The maximum Gasteiger partial charge on any atom is 0.269 e. The molecule has 0 radical (unpaired) electrons. The summed E-state index contributed by atoms with van der Waals surface area (Å²) in [4.78, 5) is 49.4. The number of carbonyl (C=O) groups excluding carboxylic acids is 4. The van der Waals surface area contributed by atoms with Crippen LogP contribution in [0.25, 0.3) is 0 Å². The van der Waals surface area contributed by atoms with Crippen molar-refractivity contribution in [1.82, 2.24) is 15.8 Å². The molecule has 0 bridgehead atoms. The molecule has 0 spiro atoms. The number of amides is 4. The van der Waals surface area contributed by atoms with Crippen LogP contribution in [0.2, 0.25) is 0 Å². The standard InChI is InChI=1S/C23H25N3O6/c1-3-12-32-18-9-8-17(13-19(18)31-2)23(30)25-24-22(29)16-6-4-15(5-7-16)14-26-20(27)10-11-21(26)28/h4-9,13H,3,10-12,14H2,1-2H3,(H,24,29)(H,25,30). The predicted octanol–water partition coefficient (Wildman–Crippen LogP) is 2.21. The fourth-order valence-corrected chi connectivity index (χ4v) is 3.14. The summed E-state index contributed by atoms with van der Waals surface area (Å²) in [7, 11) is 1.48. The molecule has 0 aromatic heterocycles. The molecule has 168 valence electrons. The highest BCUT2D eigenvalue weighted by Gasteiger charge is 2.28. The van der Waals surface area contributed by atoms with Crippen LogP contribution in [-0.4, -0.2) is 42.2 Å². The molecule has 3 rings (SSSR count). The van der Waals surface area contributed by atoms with Gasteiger partial charge in [0.1, 0.15) is 0 Å². The fraction of sp³-hybridized carbons (Fsp3) is 0.304. The van der Waals surface area contributed by atoms with Gasteiger partial charge in [-0.1, -0.05) is 19.1 Å². The van der Waals surface area contributed by atoms with Crippen molar-refractivity contribution >= 4 is 23.6 Å². The minimum Gasteiger partial charge on any atom is -0.493 e. The van der Waals surface area contributed by atoms with Gasteiger partial charge in [0.2, 0.25) is 11.8 Å². The van der Waals surface area contributed by atoms with Crippen molar-refractivity contribution in [2.24, 2.45) is 0 Å². The number of nitrogens with one attached hydrogen (secondary N) is 2. The van der Waals surface area contributed by atoms with Gasteiger partial charge in [0.15, 0.2) is 11.5 Å². The van der Waals surface area contributed by atoms with Crippen molar-refractivity contribution in [3.05, 3.63) is 59.2 Å². The van der Waals surface area contributed by atoms with Gasteiger partial charge >= 0.3 is 0 Å². The third-order valence-electron chi connectivity index (χ3n) is 4.89. The zero-order valence-corrected chi connectivity index (χ0v) is 18.0. The van der Waals surface area contributed by atoms with Gasteiger partial charge in [0, 0.05) is 24.0 Å². The van der Waals surface area contributed by atoms with Crippen molar-refractivity contribution < 1.29 is 28.7 Å². The van der Waals surface area contributed by atoms with E-state index in [1.54, 1.807) is 36.4 Å². The van der Waals surface area contributed by atoms with E-state index in [-0.39, 0.29) is 31.2 Å². The molecule has 0 unspecified atom stereocenters. The molecule has 2 N–H and O–H groups in total. The molecule has 2 aromatic carbocycles. The number of hydrogen-bond acceptors (Lipinski definition) is 6. The molecule has 0 aliphatic carbocycles. The molecule has 4 amide bonds. The van der Waals surface area contributed by atoms with E-state index in [1.807, 2.05) is 6.92 Å². The number of imide groups is 1. The number of hydrazine groups is 1. The first-order valence-corrected chi connectivity index (χ1v) is 10.3. The lowest BCUT2D eigenvalue weighted by Gasteiger charge is -2.14. The lowest BCUT2D eigenvalue weighted by Crippen LogP contribution is -2.41. The van der Waals surface area contributed by atoms with E-state index >= 15 is 0 Å². The molecular formula is C23H25N3O6. The summed E-state index contributed by atoms with van der Waals surface area (Å²) < 4.78 is 10.8. The number of ether oxygens (including phenoxy) is 2. The van der Waals surface area contributed by atoms with Crippen molar-refractivity contribution in [2.75, 3.05) is 13.7 Å². The molecule has 0 saturated carbocycles. The third kappa shape index (κ3) is 5.42. The predicted molar refractivity (Wildman–Crippen MR) is 115 cm³/mol. The normalized spacial score (nSPS) is 13.1. The minimum atomic E-state index is -0.513. The molecule has 9 nitrogen and oxygen atoms in total. The van der Waals surface area contributed by atoms with Crippen LogP contribution in [0.15, 0.2) is 42.5 Å². The van der Waals surface area contributed by atoms with Crippen LogP contribution in [0.5, 0.6) is 11.5 Å². The van der Waals surface area contributed by atoms with Crippen molar-refractivity contribution in [3.63, 3.8) is 0 Å². The summed E-state index contributed by atoms with van der Waals surface area (Å²) in [6, 6.07) is 11.2. The second-order valence-electron chi connectivity index (χ2n) is 7.19. The molecular weight excluding hydrogens is 414 g/mol. The Labute approximate surface area is 185 Å². The van der Waals surface area contributed by atoms with Gasteiger partial charge in [-0.3, -0.25) is 34.9 Å². The van der Waals surface area contributed by atoms with Crippen LogP contribution in [0, 0.1) is 0 Å². The summed E-state index contributed by atoms with van der Waals surface area (Å²) in [5, 5.41) is 0. The van der Waals surface area contributed by atoms with E-state index in [1.165, 1.54) is 18.1 Å². The van der Waals surface area contributed by atoms with Crippen LogP contribution in [0.1, 0.15) is 52.5 Å². The largest absolute Gasteiger partial charge is 0.493 e. The van der Waals surface area contributed by atoms with Crippen LogP contribution < -0.4 is 20.3 Å². The van der Waals surface area contributed by atoms with Gasteiger partial charge in [0.05, 0.1) is 20.3 Å². The molecule has 2 aromatic rings. The number of carbonyl (C=O) groups is 4. The maximum atomic E-state index is 12.4. The van der Waals surface area contributed by atoms with E-state index < -0.39 is 11.8 Å². The zero-order valence-electron chi connectivity index (χ0n) is 18.0. The zero-order chi connectivity index (χ0) is 23.1. The summed E-state index contributed by atoms with van der Waals surface area (Å²) in [6.45, 7) is 2.69. The van der Waals surface area contributed by atoms with E-state index in [0.29, 0.717) is 29.2 Å². The van der Waals surface area contributed by atoms with E-state index in [9.17, 15) is 19.2 Å². The lowest BCUT2D eigenvalue weighted by molar-refractivity contribution is -0.139. The smallest absolute Gasteiger partial charge is 0.269 e. The maximum absolute atomic E-state index is 12.4. The van der Waals surface area contributed by atoms with Gasteiger partial charge in [-0.2, -0.15) is 0 Å². The summed E-state index contributed by atoms with van der Waals surface area (Å²) >= 11 is 0. The highest BCUT2D eigenvalue weighted by molar-refractivity contribution is 6.02. The van der Waals surface area contributed by atoms with Gasteiger partial charge in [0.25, 0.3) is 11.8 Å². The van der Waals surface area contributed by atoms with Crippen LogP contribution in [0.4, 0.5) is 0 Å². The second kappa shape index (κ2) is 10.4. The summed E-state index contributed by atoms with van der Waals surface area (Å²) in [6.07, 6.45) is 1.31. The van der Waals surface area contributed by atoms with Crippen molar-refractivity contribution in [1.29, 1.82) is 0 Å². The second-order valence-corrected chi connectivity index (χ2v) is 7.19. The van der Waals surface area contributed by atoms with Crippen LogP contribution in [0.3, 0.4) is 0 Å². The number of likely N-dealkylation sites (tertiary alicyclic amines) is 1. The van der Waals surface area contributed by atoms with Gasteiger partial charge in [-0.15, -0.1) is 0 Å². The van der Waals surface area contributed by atoms with Crippen LogP contribution >= 0.6 is 0 Å². The first-order valence-electron chi connectivity index (χ1n) is 10.3. The Balaban J connectivity index is 1.56. The molecule has 1 heterocycles. The van der Waals surface area contributed by atoms with Gasteiger partial charge < -0.3 is 9.47 Å². The lowest BCUT2D eigenvalue weighted by atomic mass is 10.1. The number of benzene rings is 2. The first kappa shape index (κ1) is 22.8. The number of methoxy groups -OCH3 is 1. The number of nitrogens with zero attached hydrogens (tertiary/aromatic N) is 1. The summed E-state index contributed by atoms with van der Waals surface area (Å²) in [5.41, 5.74) is 6.06. The Morgan fingerprint density at radius 2 is 1.50 bits per heavy atom.